The molecule has 0 aromatic heterocycles. The lowest BCUT2D eigenvalue weighted by Crippen LogP contribution is -2.66. The molecule has 2 atom stereocenters. The van der Waals surface area contributed by atoms with Crippen LogP contribution < -0.4 is 0 Å². The van der Waals surface area contributed by atoms with Gasteiger partial charge in [0.05, 0.1) is 0 Å². The molecular formula is C10H4Br2F10O4. The zero-order valence-corrected chi connectivity index (χ0v) is 14.9. The molecule has 0 spiro atoms. The molecule has 26 heavy (non-hydrogen) atoms. The lowest BCUT2D eigenvalue weighted by molar-refractivity contribution is -0.235. The number of halogens is 12. The molecule has 0 aromatic carbocycles. The van der Waals surface area contributed by atoms with Gasteiger partial charge in [0, 0.05) is 0 Å². The van der Waals surface area contributed by atoms with E-state index in [2.05, 4.69) is 0 Å². The van der Waals surface area contributed by atoms with Gasteiger partial charge in [-0.3, -0.25) is 9.59 Å². The highest BCUT2D eigenvalue weighted by Crippen LogP contribution is 2.51. The second-order valence-corrected chi connectivity index (χ2v) is 6.85. The minimum absolute atomic E-state index is 0.908. The maximum absolute atomic E-state index is 13.9. The first-order chi connectivity index (χ1) is 11.0. The maximum Gasteiger partial charge on any atom is 0.411 e. The Labute approximate surface area is 153 Å². The van der Waals surface area contributed by atoms with Crippen molar-refractivity contribution >= 4 is 49.4 Å². The first-order valence-corrected chi connectivity index (χ1v) is 7.19. The molecule has 0 amide bonds. The molecule has 2 unspecified atom stereocenters. The summed E-state index contributed by atoms with van der Waals surface area (Å²) < 4.78 is 127. The number of Topliss-reactive ketones (excluding diaryl/α,β-unsaturated/α-hetero) is 2. The first kappa shape index (κ1) is 25.1. The normalized spacial score (nSPS) is 18.7. The minimum atomic E-state index is -6.66. The van der Waals surface area contributed by atoms with Gasteiger partial charge in [0.15, 0.2) is 0 Å². The Morgan fingerprint density at radius 2 is 1.04 bits per heavy atom. The number of alkyl halides is 12. The summed E-state index contributed by atoms with van der Waals surface area (Å²) in [5.41, 5.74) is -5.71. The summed E-state index contributed by atoms with van der Waals surface area (Å²) in [6, 6.07) is 0. The smallest absolute Gasteiger partial charge is 0.411 e. The third-order valence-electron chi connectivity index (χ3n) is 2.89. The van der Waals surface area contributed by atoms with Crippen molar-refractivity contribution < 1.29 is 63.4 Å². The van der Waals surface area contributed by atoms with E-state index in [1.807, 2.05) is 0 Å². The zero-order chi connectivity index (χ0) is 21.7. The van der Waals surface area contributed by atoms with E-state index in [0.29, 0.717) is 0 Å². The van der Waals surface area contributed by atoms with Crippen LogP contribution in [0.3, 0.4) is 0 Å². The number of hydrogen-bond acceptors (Lipinski definition) is 3. The average molecular weight is 538 g/mol. The molecule has 0 aliphatic carbocycles. The molecular weight excluding hydrogens is 534 g/mol. The van der Waals surface area contributed by atoms with Gasteiger partial charge >= 0.3 is 33.1 Å². The average Bonchev–Trinajstić information content (AvgIpc) is 2.43. The SMILES string of the molecule is CC(F)(C(=O)C(F)(F)C(F)(F)C(=O)O)C(F)(F)C(=O)C(F)(Br)C(F)(F)Br. The van der Waals surface area contributed by atoms with Gasteiger partial charge in [0.25, 0.3) is 11.6 Å². The van der Waals surface area contributed by atoms with E-state index in [1.54, 1.807) is 0 Å². The monoisotopic (exact) mass is 536 g/mol. The predicted octanol–water partition coefficient (Wildman–Crippen LogP) is 3.89. The van der Waals surface area contributed by atoms with E-state index in [9.17, 15) is 58.3 Å². The molecule has 0 heterocycles. The van der Waals surface area contributed by atoms with Gasteiger partial charge in [-0.05, 0) is 38.8 Å². The number of aliphatic carboxylic acids is 1. The molecule has 0 saturated heterocycles. The van der Waals surface area contributed by atoms with E-state index < -0.39 is 57.3 Å². The molecule has 0 bridgehead atoms. The fraction of sp³-hybridized carbons (Fsp3) is 0.700. The Hall–Kier alpha value is -0.930. The number of carboxylic acids is 1. The summed E-state index contributed by atoms with van der Waals surface area (Å²) in [7, 11) is 0. The molecule has 0 aliphatic heterocycles. The van der Waals surface area contributed by atoms with Crippen molar-refractivity contribution in [2.24, 2.45) is 0 Å². The maximum atomic E-state index is 13.9. The molecule has 0 rings (SSSR count). The Kier molecular flexibility index (Phi) is 6.36. The first-order valence-electron chi connectivity index (χ1n) is 5.60. The molecule has 0 fully saturated rings. The predicted molar refractivity (Wildman–Crippen MR) is 68.6 cm³/mol. The number of hydrogen-bond donors (Lipinski definition) is 1. The van der Waals surface area contributed by atoms with Crippen molar-refractivity contribution in [2.75, 3.05) is 0 Å². The fourth-order valence-electron chi connectivity index (χ4n) is 1.25. The van der Waals surface area contributed by atoms with E-state index in [0.717, 1.165) is 31.9 Å². The van der Waals surface area contributed by atoms with Gasteiger partial charge in [-0.1, -0.05) is 0 Å². The molecule has 152 valence electrons. The second-order valence-electron chi connectivity index (χ2n) is 4.76. The topological polar surface area (TPSA) is 71.4 Å². The summed E-state index contributed by atoms with van der Waals surface area (Å²) in [4.78, 5) is 27.2. The van der Waals surface area contributed by atoms with Crippen molar-refractivity contribution in [1.82, 2.24) is 0 Å². The van der Waals surface area contributed by atoms with Crippen LogP contribution in [0.1, 0.15) is 6.92 Å². The Bertz CT molecular complexity index is 626. The second kappa shape index (κ2) is 6.60. The van der Waals surface area contributed by atoms with Crippen molar-refractivity contribution in [3.63, 3.8) is 0 Å². The van der Waals surface area contributed by atoms with Gasteiger partial charge in [-0.15, -0.1) is 0 Å². The largest absolute Gasteiger partial charge is 0.477 e. The third-order valence-corrected chi connectivity index (χ3v) is 4.83. The number of rotatable bonds is 8. The number of carbonyl (C=O) groups is 3. The summed E-state index contributed by atoms with van der Waals surface area (Å²) in [6.07, 6.45) is 0. The van der Waals surface area contributed by atoms with Crippen LogP contribution in [0, 0.1) is 0 Å². The van der Waals surface area contributed by atoms with E-state index in [4.69, 9.17) is 5.11 Å². The van der Waals surface area contributed by atoms with Crippen LogP contribution in [0.4, 0.5) is 43.9 Å². The third kappa shape index (κ3) is 3.57. The molecule has 1 N–H and O–H groups in total. The van der Waals surface area contributed by atoms with Crippen molar-refractivity contribution in [3.8, 4) is 0 Å². The lowest BCUT2D eigenvalue weighted by atomic mass is 9.85. The summed E-state index contributed by atoms with van der Waals surface area (Å²) in [5, 5.41) is 7.91. The van der Waals surface area contributed by atoms with Crippen LogP contribution in [0.2, 0.25) is 0 Å². The van der Waals surface area contributed by atoms with Crippen LogP contribution in [0.25, 0.3) is 0 Å². The molecule has 0 radical (unpaired) electrons. The molecule has 16 heteroatoms. The molecule has 0 saturated carbocycles. The number of ketones is 2. The Morgan fingerprint density at radius 3 is 1.31 bits per heavy atom. The number of carbonyl (C=O) groups excluding carboxylic acids is 2. The van der Waals surface area contributed by atoms with Crippen molar-refractivity contribution in [1.29, 1.82) is 0 Å². The Balaban J connectivity index is 6.28. The summed E-state index contributed by atoms with van der Waals surface area (Å²) >= 11 is 2.28. The van der Waals surface area contributed by atoms with Crippen LogP contribution in [0.5, 0.6) is 0 Å². The van der Waals surface area contributed by atoms with Gasteiger partial charge < -0.3 is 5.11 Å². The standard InChI is InChI=1S/C10H4Br2F10O4/c1-5(13,2(23)8(17,18)9(19,20)4(25)26)7(15,16)3(24)6(11,14)10(12,21)22/h1H3,(H,25,26). The van der Waals surface area contributed by atoms with Gasteiger partial charge in [-0.2, -0.15) is 35.1 Å². The zero-order valence-electron chi connectivity index (χ0n) is 11.7. The molecule has 0 aromatic rings. The highest BCUT2D eigenvalue weighted by atomic mass is 79.9. The van der Waals surface area contributed by atoms with Crippen molar-refractivity contribution in [2.45, 2.75) is 39.8 Å². The van der Waals surface area contributed by atoms with Crippen LogP contribution >= 0.6 is 31.9 Å². The lowest BCUT2D eigenvalue weighted by Gasteiger charge is -2.34. The molecule has 4 nitrogen and oxygen atoms in total. The quantitative estimate of drug-likeness (QED) is 0.377. The highest BCUT2D eigenvalue weighted by Gasteiger charge is 2.78. The van der Waals surface area contributed by atoms with Crippen LogP contribution in [-0.4, -0.2) is 55.5 Å². The van der Waals surface area contributed by atoms with Crippen LogP contribution in [-0.2, 0) is 14.4 Å². The van der Waals surface area contributed by atoms with Crippen LogP contribution in [0.15, 0.2) is 0 Å². The Morgan fingerprint density at radius 1 is 0.692 bits per heavy atom. The van der Waals surface area contributed by atoms with E-state index >= 15 is 0 Å². The van der Waals surface area contributed by atoms with E-state index in [-0.39, 0.29) is 0 Å². The van der Waals surface area contributed by atoms with Gasteiger partial charge in [0.2, 0.25) is 5.67 Å². The number of carboxylic acid groups (broad SMARTS) is 1. The van der Waals surface area contributed by atoms with Crippen molar-refractivity contribution in [3.05, 3.63) is 0 Å². The summed E-state index contributed by atoms with van der Waals surface area (Å²) in [6.45, 7) is -0.908. The minimum Gasteiger partial charge on any atom is -0.477 e. The fourth-order valence-corrected chi connectivity index (χ4v) is 1.68. The molecule has 0 aliphatic rings. The highest BCUT2D eigenvalue weighted by molar-refractivity contribution is 9.13. The van der Waals surface area contributed by atoms with Gasteiger partial charge in [-0.25, -0.2) is 13.6 Å². The summed E-state index contributed by atoms with van der Waals surface area (Å²) in [5.74, 6) is -31.1. The van der Waals surface area contributed by atoms with Gasteiger partial charge in [0.1, 0.15) is 0 Å². The van der Waals surface area contributed by atoms with E-state index in [1.165, 1.54) is 0 Å².